The molecule has 0 saturated carbocycles. The minimum absolute atomic E-state index is 0.101. The molecule has 10 nitrogen and oxygen atoms in total. The molecule has 0 aromatic carbocycles. The number of carbonyl (C=O) groups excluding carboxylic acids is 2. The van der Waals surface area contributed by atoms with E-state index in [2.05, 4.69) is 20.0 Å². The van der Waals surface area contributed by atoms with E-state index in [0.717, 1.165) is 11.5 Å². The summed E-state index contributed by atoms with van der Waals surface area (Å²) in [7, 11) is 1.43. The average molecular weight is 399 g/mol. The molecule has 0 radical (unpaired) electrons. The van der Waals surface area contributed by atoms with Crippen molar-refractivity contribution in [2.24, 2.45) is 5.92 Å². The van der Waals surface area contributed by atoms with Crippen LogP contribution in [0.5, 0.6) is 6.01 Å². The molecule has 0 bridgehead atoms. The zero-order valence-corrected chi connectivity index (χ0v) is 16.4. The fourth-order valence-corrected chi connectivity index (χ4v) is 3.51. The maximum atomic E-state index is 12.8. The van der Waals surface area contributed by atoms with Crippen LogP contribution in [0.3, 0.4) is 0 Å². The van der Waals surface area contributed by atoms with Gasteiger partial charge in [-0.25, -0.2) is 4.79 Å². The van der Waals surface area contributed by atoms with Crippen molar-refractivity contribution in [2.75, 3.05) is 25.5 Å². The zero-order chi connectivity index (χ0) is 20.0. The third-order valence-corrected chi connectivity index (χ3v) is 4.79. The number of nitrogens with one attached hydrogen (secondary N) is 2. The van der Waals surface area contributed by atoms with E-state index in [-0.39, 0.29) is 30.3 Å². The van der Waals surface area contributed by atoms with Crippen LogP contribution in [0.1, 0.15) is 33.1 Å². The molecule has 1 saturated heterocycles. The maximum Gasteiger partial charge on any atom is 0.329 e. The van der Waals surface area contributed by atoms with Crippen LogP contribution < -0.4 is 15.4 Å². The summed E-state index contributed by atoms with van der Waals surface area (Å²) >= 11 is 0.991. The molecule has 150 valence electrons. The van der Waals surface area contributed by atoms with E-state index < -0.39 is 18.1 Å². The summed E-state index contributed by atoms with van der Waals surface area (Å²) in [5, 5.41) is 15.1. The number of hydrogen-bond acceptors (Lipinski definition) is 8. The molecule has 0 aliphatic carbocycles. The Balaban J connectivity index is 1.95. The van der Waals surface area contributed by atoms with Gasteiger partial charge in [0.1, 0.15) is 6.04 Å². The number of carbonyl (C=O) groups is 3. The molecule has 2 atom stereocenters. The molecule has 1 aliphatic rings. The van der Waals surface area contributed by atoms with Gasteiger partial charge < -0.3 is 14.7 Å². The van der Waals surface area contributed by atoms with Gasteiger partial charge in [0.05, 0.1) is 19.7 Å². The first-order valence-electron chi connectivity index (χ1n) is 8.76. The number of methoxy groups -OCH3 is 1. The first-order valence-corrected chi connectivity index (χ1v) is 9.53. The minimum Gasteiger partial charge on any atom is -0.480 e. The number of carboxylic acids is 1. The highest BCUT2D eigenvalue weighted by atomic mass is 32.1. The predicted octanol–water partition coefficient (Wildman–Crippen LogP) is 0.565. The van der Waals surface area contributed by atoms with Crippen molar-refractivity contribution in [2.45, 2.75) is 45.2 Å². The van der Waals surface area contributed by atoms with Gasteiger partial charge in [0.15, 0.2) is 0 Å². The highest BCUT2D eigenvalue weighted by molar-refractivity contribution is 7.10. The minimum atomic E-state index is -0.993. The van der Waals surface area contributed by atoms with E-state index in [1.807, 2.05) is 13.8 Å². The number of amides is 2. The Hall–Kier alpha value is -2.27. The van der Waals surface area contributed by atoms with E-state index in [9.17, 15) is 19.5 Å². The zero-order valence-electron chi connectivity index (χ0n) is 15.6. The smallest absolute Gasteiger partial charge is 0.329 e. The van der Waals surface area contributed by atoms with Gasteiger partial charge in [0.2, 0.25) is 16.9 Å². The first kappa shape index (κ1) is 21.0. The van der Waals surface area contributed by atoms with Crippen LogP contribution in [0.4, 0.5) is 5.13 Å². The number of rotatable bonds is 9. The molecular formula is C16H25N5O5S. The Bertz CT molecular complexity index is 680. The lowest BCUT2D eigenvalue weighted by Crippen LogP contribution is -2.52. The lowest BCUT2D eigenvalue weighted by atomic mass is 10.0. The van der Waals surface area contributed by atoms with Crippen molar-refractivity contribution in [1.29, 1.82) is 0 Å². The third kappa shape index (κ3) is 5.86. The average Bonchev–Trinajstić information content (AvgIpc) is 3.26. The number of anilines is 1. The van der Waals surface area contributed by atoms with Crippen molar-refractivity contribution >= 4 is 34.4 Å². The number of aliphatic carboxylic acids is 1. The van der Waals surface area contributed by atoms with Crippen molar-refractivity contribution in [3.63, 3.8) is 0 Å². The van der Waals surface area contributed by atoms with Gasteiger partial charge in [-0.2, -0.15) is 4.98 Å². The molecule has 0 unspecified atom stereocenters. The highest BCUT2D eigenvalue weighted by Crippen LogP contribution is 2.20. The Morgan fingerprint density at radius 3 is 2.74 bits per heavy atom. The van der Waals surface area contributed by atoms with Gasteiger partial charge in [-0.05, 0) is 25.2 Å². The summed E-state index contributed by atoms with van der Waals surface area (Å²) in [6.07, 6.45) is 1.62. The molecule has 11 heteroatoms. The van der Waals surface area contributed by atoms with Crippen molar-refractivity contribution in [3.05, 3.63) is 0 Å². The van der Waals surface area contributed by atoms with Crippen LogP contribution in [0.15, 0.2) is 0 Å². The fraction of sp³-hybridized carbons (Fsp3) is 0.688. The Morgan fingerprint density at radius 2 is 2.15 bits per heavy atom. The van der Waals surface area contributed by atoms with Gasteiger partial charge in [0, 0.05) is 18.1 Å². The molecular weight excluding hydrogens is 374 g/mol. The molecule has 3 N–H and O–H groups in total. The van der Waals surface area contributed by atoms with Gasteiger partial charge >= 0.3 is 12.0 Å². The highest BCUT2D eigenvalue weighted by Gasteiger charge is 2.37. The molecule has 2 rings (SSSR count). The summed E-state index contributed by atoms with van der Waals surface area (Å²) in [5.41, 5.74) is 0. The van der Waals surface area contributed by atoms with Crippen LogP contribution in [0.25, 0.3) is 0 Å². The molecule has 1 aromatic heterocycles. The summed E-state index contributed by atoms with van der Waals surface area (Å²) in [6.45, 7) is 4.25. The van der Waals surface area contributed by atoms with Crippen LogP contribution in [0.2, 0.25) is 0 Å². The Kier molecular flexibility index (Phi) is 7.48. The molecule has 1 aromatic rings. The number of carboxylic acid groups (broad SMARTS) is 1. The molecule has 0 spiro atoms. The molecule has 1 aliphatic heterocycles. The van der Waals surface area contributed by atoms with Crippen molar-refractivity contribution in [1.82, 2.24) is 19.6 Å². The van der Waals surface area contributed by atoms with Gasteiger partial charge in [0.25, 0.3) is 0 Å². The van der Waals surface area contributed by atoms with Crippen molar-refractivity contribution < 1.29 is 24.2 Å². The van der Waals surface area contributed by atoms with E-state index in [0.29, 0.717) is 30.9 Å². The summed E-state index contributed by atoms with van der Waals surface area (Å²) in [5.74, 6) is -1.44. The van der Waals surface area contributed by atoms with Gasteiger partial charge in [-0.3, -0.25) is 20.2 Å². The normalized spacial score (nSPS) is 17.8. The largest absolute Gasteiger partial charge is 0.480 e. The maximum absolute atomic E-state index is 12.8. The van der Waals surface area contributed by atoms with E-state index in [1.54, 1.807) is 0 Å². The molecule has 1 fully saturated rings. The predicted molar refractivity (Wildman–Crippen MR) is 98.7 cm³/mol. The topological polar surface area (TPSA) is 134 Å². The number of aromatic nitrogens is 2. The van der Waals surface area contributed by atoms with Crippen molar-refractivity contribution in [3.8, 4) is 6.01 Å². The standard InChI is InChI=1S/C16H25N5O5S/c1-9(2)7-10(13(23)21-6-4-5-11(21)14(24)25)17-8-12(22)18-16-19-15(26-3)20-27-16/h9-11,17H,4-8H2,1-3H3,(H,24,25)(H,18,19,20,22)/t10-,11-/m0/s1. The van der Waals surface area contributed by atoms with E-state index >= 15 is 0 Å². The SMILES string of the molecule is COc1nsc(NC(=O)CN[C@@H](CC(C)C)C(=O)N2CCC[C@H]2C(=O)O)n1. The monoisotopic (exact) mass is 399 g/mol. The lowest BCUT2D eigenvalue weighted by Gasteiger charge is -2.28. The van der Waals surface area contributed by atoms with Gasteiger partial charge in [-0.1, -0.05) is 13.8 Å². The van der Waals surface area contributed by atoms with E-state index in [1.165, 1.54) is 12.0 Å². The lowest BCUT2D eigenvalue weighted by molar-refractivity contribution is -0.149. The second-order valence-corrected chi connectivity index (χ2v) is 7.48. The summed E-state index contributed by atoms with van der Waals surface area (Å²) < 4.78 is 8.74. The summed E-state index contributed by atoms with van der Waals surface area (Å²) in [6, 6.07) is -1.25. The number of ether oxygens (including phenoxy) is 1. The second-order valence-electron chi connectivity index (χ2n) is 6.73. The van der Waals surface area contributed by atoms with Crippen LogP contribution in [-0.4, -0.2) is 69.4 Å². The van der Waals surface area contributed by atoms with Crippen LogP contribution in [0, 0.1) is 5.92 Å². The number of nitrogens with zero attached hydrogens (tertiary/aromatic N) is 3. The molecule has 27 heavy (non-hydrogen) atoms. The molecule has 2 heterocycles. The quantitative estimate of drug-likeness (QED) is 0.549. The first-order chi connectivity index (χ1) is 12.8. The Morgan fingerprint density at radius 1 is 1.41 bits per heavy atom. The number of hydrogen-bond donors (Lipinski definition) is 3. The fourth-order valence-electron chi connectivity index (χ4n) is 2.95. The number of likely N-dealkylation sites (tertiary alicyclic amines) is 1. The van der Waals surface area contributed by atoms with Crippen LogP contribution >= 0.6 is 11.5 Å². The van der Waals surface area contributed by atoms with Crippen LogP contribution in [-0.2, 0) is 14.4 Å². The van der Waals surface area contributed by atoms with E-state index in [4.69, 9.17) is 4.74 Å². The third-order valence-electron chi connectivity index (χ3n) is 4.17. The van der Waals surface area contributed by atoms with Gasteiger partial charge in [-0.15, -0.1) is 4.37 Å². The molecule has 2 amide bonds. The second kappa shape index (κ2) is 9.60. The summed E-state index contributed by atoms with van der Waals surface area (Å²) in [4.78, 5) is 41.7. The Labute approximate surface area is 161 Å².